The molecule has 0 atom stereocenters. The van der Waals surface area contributed by atoms with Crippen molar-refractivity contribution in [3.63, 3.8) is 0 Å². The highest BCUT2D eigenvalue weighted by atomic mass is 19.1. The molecule has 0 saturated carbocycles. The Labute approximate surface area is 120 Å². The molecule has 0 aliphatic carbocycles. The van der Waals surface area contributed by atoms with Crippen molar-refractivity contribution in [1.29, 1.82) is 5.26 Å². The van der Waals surface area contributed by atoms with E-state index in [1.54, 1.807) is 41.4 Å². The quantitative estimate of drug-likeness (QED) is 0.691. The topological polar surface area (TPSA) is 54.5 Å². The van der Waals surface area contributed by atoms with Crippen molar-refractivity contribution in [1.82, 2.24) is 14.5 Å². The van der Waals surface area contributed by atoms with Crippen molar-refractivity contribution in [2.75, 3.05) is 0 Å². The van der Waals surface area contributed by atoms with Gasteiger partial charge in [-0.05, 0) is 30.2 Å². The van der Waals surface area contributed by atoms with Gasteiger partial charge in [0.15, 0.2) is 0 Å². The summed E-state index contributed by atoms with van der Waals surface area (Å²) in [6.45, 7) is 3.63. The van der Waals surface area contributed by atoms with Crippen molar-refractivity contribution < 1.29 is 4.39 Å². The Morgan fingerprint density at radius 2 is 2.10 bits per heavy atom. The maximum absolute atomic E-state index is 14.0. The zero-order valence-corrected chi connectivity index (χ0v) is 11.1. The fourth-order valence-electron chi connectivity index (χ4n) is 2.27. The second-order valence-corrected chi connectivity index (χ2v) is 4.53. The number of fused-ring (bicyclic) bond motifs is 1. The van der Waals surface area contributed by atoms with Gasteiger partial charge in [-0.1, -0.05) is 6.08 Å². The third kappa shape index (κ3) is 2.17. The lowest BCUT2D eigenvalue weighted by Gasteiger charge is -2.05. The first kappa shape index (κ1) is 13.0. The minimum Gasteiger partial charge on any atom is -0.284 e. The maximum Gasteiger partial charge on any atom is 0.234 e. The molecule has 0 amide bonds. The van der Waals surface area contributed by atoms with Crippen LogP contribution in [-0.2, 0) is 6.42 Å². The number of rotatable bonds is 3. The van der Waals surface area contributed by atoms with E-state index in [1.807, 2.05) is 0 Å². The minimum atomic E-state index is -0.342. The van der Waals surface area contributed by atoms with Crippen molar-refractivity contribution in [3.8, 4) is 12.0 Å². The predicted octanol–water partition coefficient (Wildman–Crippen LogP) is 3.16. The van der Waals surface area contributed by atoms with Crippen LogP contribution in [0.1, 0.15) is 11.1 Å². The molecule has 0 aliphatic rings. The van der Waals surface area contributed by atoms with E-state index in [4.69, 9.17) is 0 Å². The molecule has 21 heavy (non-hydrogen) atoms. The van der Waals surface area contributed by atoms with Gasteiger partial charge in [-0.15, -0.1) is 6.58 Å². The van der Waals surface area contributed by atoms with Gasteiger partial charge in [0.05, 0.1) is 11.1 Å². The molecule has 2 heterocycles. The van der Waals surface area contributed by atoms with E-state index in [1.165, 1.54) is 6.07 Å². The van der Waals surface area contributed by atoms with Crippen LogP contribution in [0.2, 0.25) is 0 Å². The van der Waals surface area contributed by atoms with Crippen LogP contribution in [0.5, 0.6) is 0 Å². The highest BCUT2D eigenvalue weighted by Crippen LogP contribution is 2.26. The fraction of sp³-hybridized carbons (Fsp3) is 0.0625. The van der Waals surface area contributed by atoms with E-state index in [2.05, 4.69) is 22.6 Å². The largest absolute Gasteiger partial charge is 0.284 e. The van der Waals surface area contributed by atoms with Gasteiger partial charge in [-0.25, -0.2) is 14.4 Å². The first-order valence-corrected chi connectivity index (χ1v) is 6.36. The number of aromatic nitrogens is 3. The Morgan fingerprint density at radius 3 is 2.76 bits per heavy atom. The van der Waals surface area contributed by atoms with E-state index in [0.717, 1.165) is 0 Å². The van der Waals surface area contributed by atoms with Crippen LogP contribution in [0, 0.1) is 17.1 Å². The summed E-state index contributed by atoms with van der Waals surface area (Å²) in [7, 11) is 0. The summed E-state index contributed by atoms with van der Waals surface area (Å²) in [6, 6.07) is 6.88. The molecule has 102 valence electrons. The number of halogens is 1. The lowest BCUT2D eigenvalue weighted by molar-refractivity contribution is 0.617. The Kier molecular flexibility index (Phi) is 3.20. The number of nitriles is 1. The number of benzene rings is 1. The molecule has 0 aliphatic heterocycles. The Hall–Kier alpha value is -3.00. The molecule has 0 unspecified atom stereocenters. The van der Waals surface area contributed by atoms with Crippen molar-refractivity contribution in [2.24, 2.45) is 0 Å². The SMILES string of the molecule is C=CCc1cc2c(cc1F)c(C#N)cn2-c1ncccn1. The summed E-state index contributed by atoms with van der Waals surface area (Å²) in [5.41, 5.74) is 1.62. The zero-order valence-electron chi connectivity index (χ0n) is 11.1. The number of hydrogen-bond donors (Lipinski definition) is 0. The molecule has 0 radical (unpaired) electrons. The summed E-state index contributed by atoms with van der Waals surface area (Å²) in [6.07, 6.45) is 6.92. The molecule has 0 spiro atoms. The lowest BCUT2D eigenvalue weighted by Crippen LogP contribution is -1.99. The van der Waals surface area contributed by atoms with Gasteiger partial charge in [0.25, 0.3) is 0 Å². The molecule has 4 nitrogen and oxygen atoms in total. The molecule has 3 aromatic rings. The molecule has 0 bridgehead atoms. The smallest absolute Gasteiger partial charge is 0.234 e. The highest BCUT2D eigenvalue weighted by molar-refractivity contribution is 5.88. The highest BCUT2D eigenvalue weighted by Gasteiger charge is 2.14. The van der Waals surface area contributed by atoms with Gasteiger partial charge in [0.2, 0.25) is 5.95 Å². The molecule has 0 saturated heterocycles. The Bertz CT molecular complexity index is 859. The average Bonchev–Trinajstić information content (AvgIpc) is 2.86. The van der Waals surface area contributed by atoms with E-state index >= 15 is 0 Å². The molecule has 2 aromatic heterocycles. The molecule has 0 N–H and O–H groups in total. The van der Waals surface area contributed by atoms with E-state index in [-0.39, 0.29) is 5.82 Å². The summed E-state index contributed by atoms with van der Waals surface area (Å²) >= 11 is 0. The van der Waals surface area contributed by atoms with Gasteiger partial charge in [0, 0.05) is 24.0 Å². The first-order chi connectivity index (χ1) is 10.2. The van der Waals surface area contributed by atoms with Crippen molar-refractivity contribution >= 4 is 10.9 Å². The van der Waals surface area contributed by atoms with Gasteiger partial charge in [-0.2, -0.15) is 5.26 Å². The molecule has 1 aromatic carbocycles. The Morgan fingerprint density at radius 1 is 1.33 bits per heavy atom. The van der Waals surface area contributed by atoms with Crippen LogP contribution >= 0.6 is 0 Å². The average molecular weight is 278 g/mol. The van der Waals surface area contributed by atoms with Crippen LogP contribution in [-0.4, -0.2) is 14.5 Å². The molecular formula is C16H11FN4. The zero-order chi connectivity index (χ0) is 14.8. The first-order valence-electron chi connectivity index (χ1n) is 6.36. The van der Waals surface area contributed by atoms with Gasteiger partial charge in [0.1, 0.15) is 11.9 Å². The lowest BCUT2D eigenvalue weighted by atomic mass is 10.1. The van der Waals surface area contributed by atoms with Gasteiger partial charge < -0.3 is 0 Å². The third-order valence-electron chi connectivity index (χ3n) is 3.22. The van der Waals surface area contributed by atoms with Gasteiger partial charge in [-0.3, -0.25) is 4.57 Å². The van der Waals surface area contributed by atoms with E-state index in [9.17, 15) is 9.65 Å². The molecular weight excluding hydrogens is 267 g/mol. The normalized spacial score (nSPS) is 10.5. The summed E-state index contributed by atoms with van der Waals surface area (Å²) in [4.78, 5) is 8.35. The fourth-order valence-corrected chi connectivity index (χ4v) is 2.27. The van der Waals surface area contributed by atoms with Crippen molar-refractivity contribution in [2.45, 2.75) is 6.42 Å². The maximum atomic E-state index is 14.0. The monoisotopic (exact) mass is 278 g/mol. The van der Waals surface area contributed by atoms with Crippen LogP contribution < -0.4 is 0 Å². The van der Waals surface area contributed by atoms with E-state index in [0.29, 0.717) is 34.4 Å². The predicted molar refractivity (Wildman–Crippen MR) is 77.4 cm³/mol. The second-order valence-electron chi connectivity index (χ2n) is 4.53. The molecule has 0 fully saturated rings. The van der Waals surface area contributed by atoms with E-state index < -0.39 is 0 Å². The standard InChI is InChI=1S/C16H11FN4/c1-2-4-11-7-15-13(8-14(11)17)12(9-18)10-21(15)16-19-5-3-6-20-16/h2-3,5-8,10H,1,4H2. The summed E-state index contributed by atoms with van der Waals surface area (Å²) < 4.78 is 15.7. The number of nitrogens with zero attached hydrogens (tertiary/aromatic N) is 4. The van der Waals surface area contributed by atoms with Crippen LogP contribution in [0.15, 0.2) is 49.4 Å². The van der Waals surface area contributed by atoms with Crippen LogP contribution in [0.3, 0.4) is 0 Å². The Balaban J connectivity index is 2.33. The van der Waals surface area contributed by atoms with Crippen molar-refractivity contribution in [3.05, 3.63) is 66.4 Å². The molecule has 3 rings (SSSR count). The summed E-state index contributed by atoms with van der Waals surface area (Å²) in [5.74, 6) is 0.103. The van der Waals surface area contributed by atoms with Gasteiger partial charge >= 0.3 is 0 Å². The second kappa shape index (κ2) is 5.17. The summed E-state index contributed by atoms with van der Waals surface area (Å²) in [5, 5.41) is 9.77. The van der Waals surface area contributed by atoms with Crippen LogP contribution in [0.25, 0.3) is 16.9 Å². The minimum absolute atomic E-state index is 0.342. The number of hydrogen-bond acceptors (Lipinski definition) is 3. The van der Waals surface area contributed by atoms with Crippen LogP contribution in [0.4, 0.5) is 4.39 Å². The molecule has 5 heteroatoms. The third-order valence-corrected chi connectivity index (χ3v) is 3.22. The number of allylic oxidation sites excluding steroid dienone is 1.